The van der Waals surface area contributed by atoms with Crippen LogP contribution in [0.4, 0.5) is 0 Å². The Labute approximate surface area is 107 Å². The summed E-state index contributed by atoms with van der Waals surface area (Å²) in [6, 6.07) is 2.64. The first-order valence-corrected chi connectivity index (χ1v) is 3.70. The van der Waals surface area contributed by atoms with Crippen molar-refractivity contribution in [1.29, 1.82) is 0 Å². The monoisotopic (exact) mass is 229 g/mol. The molecule has 0 fully saturated rings. The molecule has 65 valence electrons. The SMILES string of the molecule is O=C(O)c1c(Cl)ccc(Cl)c1O.[Na]. The minimum absolute atomic E-state index is 0. The summed E-state index contributed by atoms with van der Waals surface area (Å²) < 4.78 is 0. The van der Waals surface area contributed by atoms with Gasteiger partial charge in [-0.1, -0.05) is 23.2 Å². The van der Waals surface area contributed by atoms with E-state index in [2.05, 4.69) is 0 Å². The Morgan fingerprint density at radius 2 is 1.69 bits per heavy atom. The van der Waals surface area contributed by atoms with E-state index in [9.17, 15) is 4.79 Å². The van der Waals surface area contributed by atoms with E-state index < -0.39 is 11.7 Å². The van der Waals surface area contributed by atoms with Crippen LogP contribution >= 0.6 is 23.2 Å². The van der Waals surface area contributed by atoms with Crippen LogP contribution in [0.15, 0.2) is 12.1 Å². The quantitative estimate of drug-likeness (QED) is 0.725. The van der Waals surface area contributed by atoms with Crippen molar-refractivity contribution < 1.29 is 15.0 Å². The number of rotatable bonds is 1. The van der Waals surface area contributed by atoms with Gasteiger partial charge in [0.1, 0.15) is 11.3 Å². The number of halogens is 2. The first-order valence-electron chi connectivity index (χ1n) is 2.94. The van der Waals surface area contributed by atoms with E-state index in [4.69, 9.17) is 33.4 Å². The Bertz CT molecular complexity index is 341. The summed E-state index contributed by atoms with van der Waals surface area (Å²) in [6.07, 6.45) is 0. The van der Waals surface area contributed by atoms with Crippen LogP contribution < -0.4 is 0 Å². The van der Waals surface area contributed by atoms with E-state index in [0.717, 1.165) is 0 Å². The molecular weight excluding hydrogens is 226 g/mol. The number of aromatic carboxylic acids is 1. The summed E-state index contributed by atoms with van der Waals surface area (Å²) in [6.45, 7) is 0. The molecule has 0 amide bonds. The molecule has 3 nitrogen and oxygen atoms in total. The number of aromatic hydroxyl groups is 1. The molecular formula is C7H4Cl2NaO3. The summed E-state index contributed by atoms with van der Waals surface area (Å²) in [7, 11) is 0. The maximum atomic E-state index is 10.5. The molecule has 0 bridgehead atoms. The average Bonchev–Trinajstić information content (AvgIpc) is 1.97. The normalized spacial score (nSPS) is 9.08. The number of hydrogen-bond donors (Lipinski definition) is 2. The zero-order valence-electron chi connectivity index (χ0n) is 6.71. The van der Waals surface area contributed by atoms with Crippen molar-refractivity contribution in [2.24, 2.45) is 0 Å². The summed E-state index contributed by atoms with van der Waals surface area (Å²) in [4.78, 5) is 10.5. The van der Waals surface area contributed by atoms with Crippen molar-refractivity contribution in [3.63, 3.8) is 0 Å². The molecule has 0 aliphatic carbocycles. The predicted molar refractivity (Wildman–Crippen MR) is 50.8 cm³/mol. The third-order valence-electron chi connectivity index (χ3n) is 1.29. The third kappa shape index (κ3) is 2.76. The second kappa shape index (κ2) is 5.08. The number of carbonyl (C=O) groups is 1. The van der Waals surface area contributed by atoms with Gasteiger partial charge in [0, 0.05) is 29.6 Å². The Morgan fingerprint density at radius 1 is 1.23 bits per heavy atom. The predicted octanol–water partition coefficient (Wildman–Crippen LogP) is 2.02. The van der Waals surface area contributed by atoms with Gasteiger partial charge in [0.05, 0.1) is 10.0 Å². The zero-order chi connectivity index (χ0) is 9.30. The van der Waals surface area contributed by atoms with E-state index in [1.54, 1.807) is 0 Å². The first-order chi connectivity index (χ1) is 5.54. The summed E-state index contributed by atoms with van der Waals surface area (Å²) >= 11 is 11.0. The first kappa shape index (κ1) is 13.1. The molecule has 0 aliphatic rings. The van der Waals surface area contributed by atoms with Crippen LogP contribution in [0.1, 0.15) is 10.4 Å². The van der Waals surface area contributed by atoms with Gasteiger partial charge in [0.25, 0.3) is 0 Å². The fourth-order valence-corrected chi connectivity index (χ4v) is 1.14. The van der Waals surface area contributed by atoms with Crippen molar-refractivity contribution in [2.45, 2.75) is 0 Å². The van der Waals surface area contributed by atoms with Gasteiger partial charge in [-0.3, -0.25) is 0 Å². The van der Waals surface area contributed by atoms with Gasteiger partial charge in [0.15, 0.2) is 0 Å². The fourth-order valence-electron chi connectivity index (χ4n) is 0.745. The van der Waals surface area contributed by atoms with Crippen LogP contribution in [0.5, 0.6) is 5.75 Å². The molecule has 0 spiro atoms. The van der Waals surface area contributed by atoms with E-state index in [1.165, 1.54) is 12.1 Å². The van der Waals surface area contributed by atoms with Crippen LogP contribution in [0.25, 0.3) is 0 Å². The summed E-state index contributed by atoms with van der Waals surface area (Å²) in [5.41, 5.74) is -0.371. The molecule has 0 aromatic heterocycles. The number of phenols is 1. The van der Waals surface area contributed by atoms with E-state index in [-0.39, 0.29) is 45.2 Å². The molecule has 0 aliphatic heterocycles. The van der Waals surface area contributed by atoms with Crippen LogP contribution in [-0.2, 0) is 0 Å². The molecule has 0 saturated carbocycles. The van der Waals surface area contributed by atoms with Gasteiger partial charge in [-0.15, -0.1) is 0 Å². The second-order valence-electron chi connectivity index (χ2n) is 2.06. The molecule has 0 atom stereocenters. The third-order valence-corrected chi connectivity index (χ3v) is 1.91. The van der Waals surface area contributed by atoms with Gasteiger partial charge in [-0.25, -0.2) is 4.79 Å². The van der Waals surface area contributed by atoms with Gasteiger partial charge < -0.3 is 10.2 Å². The Hall–Kier alpha value is 0.0700. The van der Waals surface area contributed by atoms with E-state index in [1.807, 2.05) is 0 Å². The molecule has 1 aromatic carbocycles. The van der Waals surface area contributed by atoms with Crippen LogP contribution in [0, 0.1) is 0 Å². The van der Waals surface area contributed by atoms with Crippen LogP contribution in [0.2, 0.25) is 10.0 Å². The average molecular weight is 230 g/mol. The fraction of sp³-hybridized carbons (Fsp3) is 0. The van der Waals surface area contributed by atoms with Crippen molar-refractivity contribution >= 4 is 58.7 Å². The smallest absolute Gasteiger partial charge is 0.341 e. The molecule has 1 aromatic rings. The number of benzene rings is 1. The Kier molecular flexibility index (Phi) is 5.10. The summed E-state index contributed by atoms with van der Waals surface area (Å²) in [5, 5.41) is 17.7. The van der Waals surface area contributed by atoms with E-state index >= 15 is 0 Å². The zero-order valence-corrected chi connectivity index (χ0v) is 10.2. The summed E-state index contributed by atoms with van der Waals surface area (Å²) in [5.74, 6) is -1.81. The molecule has 1 rings (SSSR count). The van der Waals surface area contributed by atoms with Crippen molar-refractivity contribution in [1.82, 2.24) is 0 Å². The van der Waals surface area contributed by atoms with E-state index in [0.29, 0.717) is 0 Å². The second-order valence-corrected chi connectivity index (χ2v) is 2.87. The van der Waals surface area contributed by atoms with Gasteiger partial charge >= 0.3 is 5.97 Å². The molecule has 0 saturated heterocycles. The molecule has 2 N–H and O–H groups in total. The van der Waals surface area contributed by atoms with Crippen molar-refractivity contribution in [3.05, 3.63) is 27.7 Å². The molecule has 13 heavy (non-hydrogen) atoms. The molecule has 0 unspecified atom stereocenters. The van der Waals surface area contributed by atoms with Crippen molar-refractivity contribution in [3.8, 4) is 5.75 Å². The largest absolute Gasteiger partial charge is 0.505 e. The van der Waals surface area contributed by atoms with Gasteiger partial charge in [-0.05, 0) is 12.1 Å². The molecule has 1 radical (unpaired) electrons. The van der Waals surface area contributed by atoms with Gasteiger partial charge in [0.2, 0.25) is 0 Å². The Balaban J connectivity index is 0.00000144. The standard InChI is InChI=1S/C7H4Cl2O3.Na/c8-3-1-2-4(9)6(10)5(3)7(11)12;/h1-2,10H,(H,11,12);. The van der Waals surface area contributed by atoms with Gasteiger partial charge in [-0.2, -0.15) is 0 Å². The van der Waals surface area contributed by atoms with Crippen LogP contribution in [0.3, 0.4) is 0 Å². The number of hydrogen-bond acceptors (Lipinski definition) is 2. The minimum atomic E-state index is -1.31. The maximum Gasteiger partial charge on any atom is 0.341 e. The number of carboxylic acid groups (broad SMARTS) is 1. The molecule has 6 heteroatoms. The topological polar surface area (TPSA) is 57.5 Å². The van der Waals surface area contributed by atoms with Crippen LogP contribution in [-0.4, -0.2) is 45.7 Å². The minimum Gasteiger partial charge on any atom is -0.505 e. The molecule has 0 heterocycles. The van der Waals surface area contributed by atoms with Crippen molar-refractivity contribution in [2.75, 3.05) is 0 Å². The maximum absolute atomic E-state index is 10.5. The Morgan fingerprint density at radius 3 is 2.08 bits per heavy atom. The number of carboxylic acids is 1.